The zero-order valence-corrected chi connectivity index (χ0v) is 18.2. The van der Waals surface area contributed by atoms with Crippen molar-refractivity contribution in [1.82, 2.24) is 5.32 Å². The van der Waals surface area contributed by atoms with Crippen LogP contribution in [0.3, 0.4) is 0 Å². The van der Waals surface area contributed by atoms with Crippen molar-refractivity contribution < 1.29 is 14.3 Å². The number of hydrogen-bond acceptors (Lipinski definition) is 4. The molecule has 0 saturated heterocycles. The van der Waals surface area contributed by atoms with Gasteiger partial charge in [-0.05, 0) is 75.0 Å². The van der Waals surface area contributed by atoms with Gasteiger partial charge in [-0.1, -0.05) is 32.3 Å². The summed E-state index contributed by atoms with van der Waals surface area (Å²) in [4.78, 5) is 12.4. The van der Waals surface area contributed by atoms with E-state index in [4.69, 9.17) is 21.7 Å². The normalized spacial score (nSPS) is 10.5. The van der Waals surface area contributed by atoms with Crippen LogP contribution < -0.4 is 20.1 Å². The fourth-order valence-corrected chi connectivity index (χ4v) is 2.88. The van der Waals surface area contributed by atoms with E-state index in [2.05, 4.69) is 17.6 Å². The number of carbonyl (C=O) groups excluding carboxylic acids is 1. The molecule has 0 bridgehead atoms. The van der Waals surface area contributed by atoms with Crippen molar-refractivity contribution in [3.05, 3.63) is 54.1 Å². The molecule has 0 spiro atoms. The van der Waals surface area contributed by atoms with Gasteiger partial charge in [0.2, 0.25) is 0 Å². The standard InChI is InChI=1S/C23H30N2O3S/c1-4-5-6-7-15-27-20-13-11-19(12-14-20)24-23(29)25-22(26)18-9-8-10-21(16-18)28-17(2)3/h8-14,16-17H,4-7,15H2,1-3H3,(H2,24,25,26,29). The van der Waals surface area contributed by atoms with E-state index in [0.29, 0.717) is 11.3 Å². The lowest BCUT2D eigenvalue weighted by atomic mass is 10.2. The highest BCUT2D eigenvalue weighted by Crippen LogP contribution is 2.17. The smallest absolute Gasteiger partial charge is 0.257 e. The number of amides is 1. The first-order valence-corrected chi connectivity index (χ1v) is 10.5. The number of carbonyl (C=O) groups is 1. The number of benzene rings is 2. The van der Waals surface area contributed by atoms with Crippen molar-refractivity contribution in [3.63, 3.8) is 0 Å². The molecule has 0 aliphatic rings. The Labute approximate surface area is 178 Å². The first-order valence-electron chi connectivity index (χ1n) is 10.1. The molecule has 1 amide bonds. The summed E-state index contributed by atoms with van der Waals surface area (Å²) in [6.07, 6.45) is 4.75. The quantitative estimate of drug-likeness (QED) is 0.394. The molecule has 6 heteroatoms. The van der Waals surface area contributed by atoms with Crippen LogP contribution in [0.2, 0.25) is 0 Å². The summed E-state index contributed by atoms with van der Waals surface area (Å²) in [5.41, 5.74) is 1.27. The van der Waals surface area contributed by atoms with E-state index in [1.54, 1.807) is 18.2 Å². The van der Waals surface area contributed by atoms with Crippen LogP contribution in [0.25, 0.3) is 0 Å². The molecule has 0 radical (unpaired) electrons. The summed E-state index contributed by atoms with van der Waals surface area (Å²) in [6, 6.07) is 14.5. The highest BCUT2D eigenvalue weighted by atomic mass is 32.1. The second-order valence-corrected chi connectivity index (χ2v) is 7.44. The van der Waals surface area contributed by atoms with Crippen LogP contribution in [0, 0.1) is 0 Å². The maximum Gasteiger partial charge on any atom is 0.257 e. The summed E-state index contributed by atoms with van der Waals surface area (Å²) in [7, 11) is 0. The van der Waals surface area contributed by atoms with E-state index in [1.807, 2.05) is 44.2 Å². The highest BCUT2D eigenvalue weighted by molar-refractivity contribution is 7.80. The van der Waals surface area contributed by atoms with Gasteiger partial charge in [0.1, 0.15) is 11.5 Å². The summed E-state index contributed by atoms with van der Waals surface area (Å²) < 4.78 is 11.4. The molecule has 0 atom stereocenters. The van der Waals surface area contributed by atoms with Crippen LogP contribution in [-0.2, 0) is 0 Å². The number of nitrogens with one attached hydrogen (secondary N) is 2. The molecule has 0 unspecified atom stereocenters. The lowest BCUT2D eigenvalue weighted by Gasteiger charge is -2.12. The topological polar surface area (TPSA) is 59.6 Å². The molecule has 2 N–H and O–H groups in total. The fraction of sp³-hybridized carbons (Fsp3) is 0.391. The van der Waals surface area contributed by atoms with Crippen LogP contribution in [0.15, 0.2) is 48.5 Å². The Morgan fingerprint density at radius 2 is 1.79 bits per heavy atom. The van der Waals surface area contributed by atoms with Crippen LogP contribution in [-0.4, -0.2) is 23.7 Å². The van der Waals surface area contributed by atoms with Gasteiger partial charge >= 0.3 is 0 Å². The molecule has 2 aromatic rings. The van der Waals surface area contributed by atoms with Crippen molar-refractivity contribution in [2.24, 2.45) is 0 Å². The Kier molecular flexibility index (Phi) is 9.44. The second-order valence-electron chi connectivity index (χ2n) is 7.04. The Morgan fingerprint density at radius 3 is 2.48 bits per heavy atom. The Hall–Kier alpha value is -2.60. The molecular weight excluding hydrogens is 384 g/mol. The zero-order chi connectivity index (χ0) is 21.1. The summed E-state index contributed by atoms with van der Waals surface area (Å²) in [6.45, 7) is 6.79. The maximum absolute atomic E-state index is 12.4. The average molecular weight is 415 g/mol. The van der Waals surface area contributed by atoms with E-state index < -0.39 is 0 Å². The second kappa shape index (κ2) is 12.1. The van der Waals surface area contributed by atoms with Gasteiger partial charge in [0, 0.05) is 11.3 Å². The number of rotatable bonds is 10. The first kappa shape index (κ1) is 22.7. The fourth-order valence-electron chi connectivity index (χ4n) is 2.67. The molecule has 5 nitrogen and oxygen atoms in total. The lowest BCUT2D eigenvalue weighted by molar-refractivity contribution is 0.0977. The molecule has 156 valence electrons. The summed E-state index contributed by atoms with van der Waals surface area (Å²) in [5.74, 6) is 1.18. The zero-order valence-electron chi connectivity index (χ0n) is 17.4. The molecule has 0 fully saturated rings. The van der Waals surface area contributed by atoms with E-state index >= 15 is 0 Å². The van der Waals surface area contributed by atoms with Crippen molar-refractivity contribution in [3.8, 4) is 11.5 Å². The van der Waals surface area contributed by atoms with Crippen molar-refractivity contribution in [2.45, 2.75) is 52.6 Å². The molecule has 0 aliphatic heterocycles. The summed E-state index contributed by atoms with van der Waals surface area (Å²) >= 11 is 5.25. The predicted molar refractivity (Wildman–Crippen MR) is 122 cm³/mol. The van der Waals surface area contributed by atoms with Gasteiger partial charge < -0.3 is 14.8 Å². The van der Waals surface area contributed by atoms with Crippen molar-refractivity contribution in [2.75, 3.05) is 11.9 Å². The molecule has 2 aromatic carbocycles. The minimum Gasteiger partial charge on any atom is -0.494 e. The van der Waals surface area contributed by atoms with Crippen molar-refractivity contribution in [1.29, 1.82) is 0 Å². The first-order chi connectivity index (χ1) is 14.0. The molecule has 29 heavy (non-hydrogen) atoms. The van der Waals surface area contributed by atoms with Gasteiger partial charge in [-0.25, -0.2) is 0 Å². The molecule has 0 aliphatic carbocycles. The van der Waals surface area contributed by atoms with E-state index in [-0.39, 0.29) is 17.1 Å². The van der Waals surface area contributed by atoms with Gasteiger partial charge in [-0.15, -0.1) is 0 Å². The number of hydrogen-bond donors (Lipinski definition) is 2. The molecule has 0 heterocycles. The van der Waals surface area contributed by atoms with Gasteiger partial charge in [0.25, 0.3) is 5.91 Å². The average Bonchev–Trinajstić information content (AvgIpc) is 2.68. The van der Waals surface area contributed by atoms with Crippen LogP contribution in [0.4, 0.5) is 5.69 Å². The van der Waals surface area contributed by atoms with E-state index in [0.717, 1.165) is 24.5 Å². The van der Waals surface area contributed by atoms with Crippen LogP contribution in [0.1, 0.15) is 56.8 Å². The summed E-state index contributed by atoms with van der Waals surface area (Å²) in [5, 5.41) is 5.94. The van der Waals surface area contributed by atoms with Gasteiger partial charge in [0.05, 0.1) is 12.7 Å². The Morgan fingerprint density at radius 1 is 1.03 bits per heavy atom. The number of anilines is 1. The van der Waals surface area contributed by atoms with Crippen molar-refractivity contribution >= 4 is 28.9 Å². The van der Waals surface area contributed by atoms with Gasteiger partial charge in [0.15, 0.2) is 5.11 Å². The van der Waals surface area contributed by atoms with E-state index in [1.165, 1.54) is 19.3 Å². The Bertz CT molecular complexity index is 791. The lowest BCUT2D eigenvalue weighted by Crippen LogP contribution is -2.34. The third-order valence-corrected chi connectivity index (χ3v) is 4.28. The molecular formula is C23H30N2O3S. The number of thiocarbonyl (C=S) groups is 1. The minimum atomic E-state index is -0.288. The molecule has 2 rings (SSSR count). The van der Waals surface area contributed by atoms with E-state index in [9.17, 15) is 4.79 Å². The minimum absolute atomic E-state index is 0.0411. The number of ether oxygens (including phenoxy) is 2. The third-order valence-electron chi connectivity index (χ3n) is 4.07. The van der Waals surface area contributed by atoms with Crippen LogP contribution >= 0.6 is 12.2 Å². The number of unbranched alkanes of at least 4 members (excludes halogenated alkanes) is 3. The monoisotopic (exact) mass is 414 g/mol. The molecule has 0 saturated carbocycles. The SMILES string of the molecule is CCCCCCOc1ccc(NC(=S)NC(=O)c2cccc(OC(C)C)c2)cc1. The largest absolute Gasteiger partial charge is 0.494 e. The van der Waals surface area contributed by atoms with Gasteiger partial charge in [-0.2, -0.15) is 0 Å². The highest BCUT2D eigenvalue weighted by Gasteiger charge is 2.10. The third kappa shape index (κ3) is 8.52. The molecule has 0 aromatic heterocycles. The van der Waals surface area contributed by atoms with Crippen LogP contribution in [0.5, 0.6) is 11.5 Å². The van der Waals surface area contributed by atoms with Gasteiger partial charge in [-0.3, -0.25) is 10.1 Å². The maximum atomic E-state index is 12.4. The Balaban J connectivity index is 1.82. The predicted octanol–water partition coefficient (Wildman–Crippen LogP) is 5.56.